The molecule has 0 radical (unpaired) electrons. The van der Waals surface area contributed by atoms with Gasteiger partial charge in [0.05, 0.1) is 5.76 Å². The van der Waals surface area contributed by atoms with Crippen LogP contribution in [0, 0.1) is 0 Å². The van der Waals surface area contributed by atoms with E-state index >= 15 is 0 Å². The molecule has 58 valence electrons. The summed E-state index contributed by atoms with van der Waals surface area (Å²) >= 11 is 0. The molecule has 0 aliphatic rings. The van der Waals surface area contributed by atoms with Crippen LogP contribution in [0.4, 0.5) is 0 Å². The van der Waals surface area contributed by atoms with Crippen molar-refractivity contribution in [3.8, 4) is 0 Å². The van der Waals surface area contributed by atoms with E-state index in [0.29, 0.717) is 12.2 Å². The third kappa shape index (κ3) is 4.19. The summed E-state index contributed by atoms with van der Waals surface area (Å²) in [6.07, 6.45) is 5.48. The Kier molecular flexibility index (Phi) is 4.73. The smallest absolute Gasteiger partial charge is 0.0919 e. The highest BCUT2D eigenvalue weighted by Crippen LogP contribution is 2.01. The van der Waals surface area contributed by atoms with E-state index in [1.165, 1.54) is 5.57 Å². The Bertz CT molecular complexity index is 125. The molecular formula is C9H16O. The average Bonchev–Trinajstić information content (AvgIpc) is 1.99. The summed E-state index contributed by atoms with van der Waals surface area (Å²) in [6, 6.07) is 0. The van der Waals surface area contributed by atoms with Crippen molar-refractivity contribution < 1.29 is 5.11 Å². The van der Waals surface area contributed by atoms with Gasteiger partial charge in [0.15, 0.2) is 0 Å². The third-order valence-corrected chi connectivity index (χ3v) is 1.48. The van der Waals surface area contributed by atoms with Crippen molar-refractivity contribution in [2.75, 3.05) is 0 Å². The molecule has 0 aromatic rings. The first-order chi connectivity index (χ1) is 4.70. The highest BCUT2D eigenvalue weighted by Gasteiger charge is 1.83. The van der Waals surface area contributed by atoms with E-state index in [0.717, 1.165) is 6.42 Å². The van der Waals surface area contributed by atoms with Gasteiger partial charge in [0, 0.05) is 6.42 Å². The first-order valence-electron chi connectivity index (χ1n) is 3.76. The van der Waals surface area contributed by atoms with Crippen LogP contribution < -0.4 is 0 Å². The monoisotopic (exact) mass is 140 g/mol. The van der Waals surface area contributed by atoms with Gasteiger partial charge in [-0.25, -0.2) is 0 Å². The van der Waals surface area contributed by atoms with Crippen LogP contribution >= 0.6 is 0 Å². The van der Waals surface area contributed by atoms with Gasteiger partial charge >= 0.3 is 0 Å². The topological polar surface area (TPSA) is 20.2 Å². The van der Waals surface area contributed by atoms with E-state index in [-0.39, 0.29) is 0 Å². The molecule has 0 fully saturated rings. The third-order valence-electron chi connectivity index (χ3n) is 1.48. The van der Waals surface area contributed by atoms with Gasteiger partial charge in [0.1, 0.15) is 0 Å². The minimum Gasteiger partial charge on any atom is -0.512 e. The van der Waals surface area contributed by atoms with Crippen LogP contribution in [0.5, 0.6) is 0 Å². The molecule has 0 amide bonds. The van der Waals surface area contributed by atoms with Gasteiger partial charge in [-0.2, -0.15) is 0 Å². The molecule has 0 aliphatic heterocycles. The highest BCUT2D eigenvalue weighted by atomic mass is 16.3. The molecule has 0 aromatic carbocycles. The fourth-order valence-corrected chi connectivity index (χ4v) is 0.474. The zero-order chi connectivity index (χ0) is 7.98. The Hall–Kier alpha value is -0.720. The van der Waals surface area contributed by atoms with Crippen LogP contribution in [0.15, 0.2) is 23.5 Å². The molecule has 0 heterocycles. The molecule has 1 N–H and O–H groups in total. The lowest BCUT2D eigenvalue weighted by Gasteiger charge is -1.92. The SMILES string of the molecule is CC/C(C)=C\C=C(\O)CC. The zero-order valence-corrected chi connectivity index (χ0v) is 7.02. The molecule has 1 heteroatoms. The summed E-state index contributed by atoms with van der Waals surface area (Å²) in [5.41, 5.74) is 1.29. The molecule has 0 aromatic heterocycles. The van der Waals surface area contributed by atoms with Crippen molar-refractivity contribution in [3.63, 3.8) is 0 Å². The van der Waals surface area contributed by atoms with Gasteiger partial charge in [-0.05, 0) is 19.4 Å². The molecule has 0 spiro atoms. The van der Waals surface area contributed by atoms with Crippen molar-refractivity contribution >= 4 is 0 Å². The van der Waals surface area contributed by atoms with E-state index in [2.05, 4.69) is 13.8 Å². The Morgan fingerprint density at radius 2 is 1.80 bits per heavy atom. The molecule has 1 nitrogen and oxygen atoms in total. The van der Waals surface area contributed by atoms with Crippen molar-refractivity contribution in [2.24, 2.45) is 0 Å². The molecular weight excluding hydrogens is 124 g/mol. The summed E-state index contributed by atoms with van der Waals surface area (Å²) in [5.74, 6) is 0.452. The molecule has 0 rings (SSSR count). The van der Waals surface area contributed by atoms with Gasteiger partial charge in [-0.1, -0.05) is 25.5 Å². The van der Waals surface area contributed by atoms with Crippen molar-refractivity contribution in [1.29, 1.82) is 0 Å². The van der Waals surface area contributed by atoms with Crippen molar-refractivity contribution in [3.05, 3.63) is 23.5 Å². The lowest BCUT2D eigenvalue weighted by Crippen LogP contribution is -1.75. The van der Waals surface area contributed by atoms with E-state index in [4.69, 9.17) is 5.11 Å². The maximum atomic E-state index is 9.02. The quantitative estimate of drug-likeness (QED) is 0.471. The van der Waals surface area contributed by atoms with Gasteiger partial charge in [-0.3, -0.25) is 0 Å². The zero-order valence-electron chi connectivity index (χ0n) is 7.02. The maximum Gasteiger partial charge on any atom is 0.0919 e. The predicted octanol–water partition coefficient (Wildman–Crippen LogP) is 3.19. The van der Waals surface area contributed by atoms with Crippen molar-refractivity contribution in [2.45, 2.75) is 33.6 Å². The number of hydrogen-bond acceptors (Lipinski definition) is 1. The minimum atomic E-state index is 0.452. The van der Waals surface area contributed by atoms with Gasteiger partial charge in [-0.15, -0.1) is 0 Å². The predicted molar refractivity (Wildman–Crippen MR) is 45.1 cm³/mol. The number of aliphatic hydroxyl groups excluding tert-OH is 1. The number of allylic oxidation sites excluding steroid dienone is 4. The molecule has 0 saturated heterocycles. The summed E-state index contributed by atoms with van der Waals surface area (Å²) in [6.45, 7) is 6.09. The fraction of sp³-hybridized carbons (Fsp3) is 0.556. The first-order valence-corrected chi connectivity index (χ1v) is 3.76. The molecule has 0 atom stereocenters. The van der Waals surface area contributed by atoms with E-state index in [1.807, 2.05) is 13.0 Å². The number of aliphatic hydroxyl groups is 1. The minimum absolute atomic E-state index is 0.452. The Labute approximate surface area is 63.1 Å². The summed E-state index contributed by atoms with van der Waals surface area (Å²) in [4.78, 5) is 0. The van der Waals surface area contributed by atoms with Crippen LogP contribution in [0.2, 0.25) is 0 Å². The maximum absolute atomic E-state index is 9.02. The summed E-state index contributed by atoms with van der Waals surface area (Å²) in [5, 5.41) is 9.02. The second kappa shape index (κ2) is 5.10. The van der Waals surface area contributed by atoms with E-state index in [1.54, 1.807) is 6.08 Å². The van der Waals surface area contributed by atoms with E-state index < -0.39 is 0 Å². The molecule has 10 heavy (non-hydrogen) atoms. The standard InChI is InChI=1S/C9H16O/c1-4-8(3)6-7-9(10)5-2/h6-7,10H,4-5H2,1-3H3/b8-6-,9-7+. The van der Waals surface area contributed by atoms with Crippen LogP contribution in [-0.4, -0.2) is 5.11 Å². The largest absolute Gasteiger partial charge is 0.512 e. The normalized spacial score (nSPS) is 13.9. The van der Waals surface area contributed by atoms with E-state index in [9.17, 15) is 0 Å². The number of hydrogen-bond donors (Lipinski definition) is 1. The van der Waals surface area contributed by atoms with Gasteiger partial charge < -0.3 is 5.11 Å². The molecule has 0 saturated carbocycles. The summed E-state index contributed by atoms with van der Waals surface area (Å²) in [7, 11) is 0. The Morgan fingerprint density at radius 1 is 1.20 bits per heavy atom. The highest BCUT2D eigenvalue weighted by molar-refractivity contribution is 5.12. The Morgan fingerprint density at radius 3 is 2.20 bits per heavy atom. The van der Waals surface area contributed by atoms with Crippen molar-refractivity contribution in [1.82, 2.24) is 0 Å². The first kappa shape index (κ1) is 9.28. The average molecular weight is 140 g/mol. The van der Waals surface area contributed by atoms with Crippen LogP contribution in [0.25, 0.3) is 0 Å². The second-order valence-corrected chi connectivity index (χ2v) is 2.38. The lowest BCUT2D eigenvalue weighted by atomic mass is 10.2. The second-order valence-electron chi connectivity index (χ2n) is 2.38. The lowest BCUT2D eigenvalue weighted by molar-refractivity contribution is 0.394. The Balaban J connectivity index is 3.91. The van der Waals surface area contributed by atoms with Gasteiger partial charge in [0.2, 0.25) is 0 Å². The molecule has 0 unspecified atom stereocenters. The molecule has 0 bridgehead atoms. The molecule has 0 aliphatic carbocycles. The fourth-order valence-electron chi connectivity index (χ4n) is 0.474. The summed E-state index contributed by atoms with van der Waals surface area (Å²) < 4.78 is 0. The number of rotatable bonds is 3. The van der Waals surface area contributed by atoms with Gasteiger partial charge in [0.25, 0.3) is 0 Å². The van der Waals surface area contributed by atoms with Crippen LogP contribution in [0.1, 0.15) is 33.6 Å². The van der Waals surface area contributed by atoms with Crippen LogP contribution in [-0.2, 0) is 0 Å². The van der Waals surface area contributed by atoms with Crippen LogP contribution in [0.3, 0.4) is 0 Å².